The maximum atomic E-state index is 12.4. The first-order chi connectivity index (χ1) is 11.7. The van der Waals surface area contributed by atoms with Crippen molar-refractivity contribution < 1.29 is 4.79 Å². The van der Waals surface area contributed by atoms with Crippen LogP contribution in [0.25, 0.3) is 0 Å². The minimum absolute atomic E-state index is 0.0323. The third kappa shape index (κ3) is 4.46. The van der Waals surface area contributed by atoms with E-state index >= 15 is 0 Å². The summed E-state index contributed by atoms with van der Waals surface area (Å²) in [5, 5.41) is 3.59. The third-order valence-corrected chi connectivity index (χ3v) is 4.07. The van der Waals surface area contributed by atoms with E-state index in [0.717, 1.165) is 12.1 Å². The van der Waals surface area contributed by atoms with E-state index in [9.17, 15) is 4.79 Å². The smallest absolute Gasteiger partial charge is 0.225 e. The quantitative estimate of drug-likeness (QED) is 0.725. The van der Waals surface area contributed by atoms with Gasteiger partial charge in [0.05, 0.1) is 11.9 Å². The Labute approximate surface area is 146 Å². The van der Waals surface area contributed by atoms with Crippen LogP contribution in [-0.2, 0) is 11.3 Å². The monoisotopic (exact) mass is 339 g/mol. The topological polar surface area (TPSA) is 46.9 Å². The van der Waals surface area contributed by atoms with Gasteiger partial charge in [-0.1, -0.05) is 23.7 Å². The van der Waals surface area contributed by atoms with Crippen LogP contribution in [0.5, 0.6) is 0 Å². The van der Waals surface area contributed by atoms with Crippen molar-refractivity contribution in [3.05, 3.63) is 83.9 Å². The molecule has 0 saturated carbocycles. The predicted molar refractivity (Wildman–Crippen MR) is 96.1 cm³/mol. The number of aromatic nitrogens is 2. The van der Waals surface area contributed by atoms with E-state index in [4.69, 9.17) is 11.6 Å². The van der Waals surface area contributed by atoms with Gasteiger partial charge in [0.1, 0.15) is 0 Å². The first-order valence-electron chi connectivity index (χ1n) is 7.77. The molecule has 0 bridgehead atoms. The Bertz CT molecular complexity index is 770. The number of halogens is 1. The van der Waals surface area contributed by atoms with Gasteiger partial charge in [-0.05, 0) is 42.0 Å². The molecule has 0 aliphatic carbocycles. The lowest BCUT2D eigenvalue weighted by atomic mass is 9.95. The molecular formula is C19H18ClN3O. The fourth-order valence-electron chi connectivity index (χ4n) is 2.64. The summed E-state index contributed by atoms with van der Waals surface area (Å²) in [4.78, 5) is 16.4. The van der Waals surface area contributed by atoms with Gasteiger partial charge in [-0.25, -0.2) is 0 Å². The molecule has 4 nitrogen and oxygen atoms in total. The molecule has 24 heavy (non-hydrogen) atoms. The maximum absolute atomic E-state index is 12.4. The van der Waals surface area contributed by atoms with Crippen LogP contribution in [0.15, 0.2) is 73.3 Å². The molecule has 0 spiro atoms. The molecule has 1 atom stereocenters. The lowest BCUT2D eigenvalue weighted by Crippen LogP contribution is -2.18. The molecule has 1 amide bonds. The molecule has 2 aromatic heterocycles. The summed E-state index contributed by atoms with van der Waals surface area (Å²) >= 11 is 5.98. The molecule has 0 aliphatic rings. The van der Waals surface area contributed by atoms with E-state index in [1.54, 1.807) is 18.5 Å². The lowest BCUT2D eigenvalue weighted by molar-refractivity contribution is -0.116. The number of anilines is 1. The Morgan fingerprint density at radius 3 is 2.54 bits per heavy atom. The van der Waals surface area contributed by atoms with Gasteiger partial charge in [0, 0.05) is 42.5 Å². The number of pyridine rings is 1. The largest absolute Gasteiger partial charge is 0.354 e. The van der Waals surface area contributed by atoms with Gasteiger partial charge < -0.3 is 9.88 Å². The third-order valence-electron chi connectivity index (χ3n) is 3.82. The summed E-state index contributed by atoms with van der Waals surface area (Å²) in [6, 6.07) is 15.3. The minimum Gasteiger partial charge on any atom is -0.354 e. The molecule has 0 saturated heterocycles. The number of nitrogens with one attached hydrogen (secondary N) is 1. The Morgan fingerprint density at radius 1 is 1.12 bits per heavy atom. The number of carbonyl (C=O) groups excluding carboxylic acids is 1. The average Bonchev–Trinajstić information content (AvgIpc) is 3.09. The van der Waals surface area contributed by atoms with E-state index in [0.29, 0.717) is 17.1 Å². The van der Waals surface area contributed by atoms with E-state index in [-0.39, 0.29) is 11.8 Å². The van der Waals surface area contributed by atoms with Crippen LogP contribution in [0.1, 0.15) is 17.9 Å². The highest BCUT2D eigenvalue weighted by Gasteiger charge is 2.17. The van der Waals surface area contributed by atoms with Crippen molar-refractivity contribution in [3.63, 3.8) is 0 Å². The lowest BCUT2D eigenvalue weighted by Gasteiger charge is -2.18. The van der Waals surface area contributed by atoms with Crippen LogP contribution in [0.2, 0.25) is 5.02 Å². The fourth-order valence-corrected chi connectivity index (χ4v) is 2.77. The van der Waals surface area contributed by atoms with Crippen molar-refractivity contribution >= 4 is 23.2 Å². The molecule has 1 unspecified atom stereocenters. The normalized spacial score (nSPS) is 11.9. The molecule has 122 valence electrons. The molecule has 0 fully saturated rings. The van der Waals surface area contributed by atoms with Crippen LogP contribution in [0.3, 0.4) is 0 Å². The highest BCUT2D eigenvalue weighted by Crippen LogP contribution is 2.24. The Hall–Kier alpha value is -2.59. The Balaban J connectivity index is 1.74. The maximum Gasteiger partial charge on any atom is 0.225 e. The zero-order valence-corrected chi connectivity index (χ0v) is 13.9. The minimum atomic E-state index is -0.0323. The van der Waals surface area contributed by atoms with Crippen LogP contribution >= 0.6 is 11.6 Å². The molecule has 0 radical (unpaired) electrons. The second-order valence-corrected chi connectivity index (χ2v) is 6.06. The summed E-state index contributed by atoms with van der Waals surface area (Å²) < 4.78 is 2.08. The van der Waals surface area contributed by atoms with Gasteiger partial charge in [0.2, 0.25) is 5.91 Å². The van der Waals surface area contributed by atoms with Crippen molar-refractivity contribution in [2.24, 2.45) is 0 Å². The molecule has 0 aliphatic heterocycles. The second-order valence-electron chi connectivity index (χ2n) is 5.62. The first kappa shape index (κ1) is 16.3. The van der Waals surface area contributed by atoms with Crippen LogP contribution in [0.4, 0.5) is 5.69 Å². The Kier molecular flexibility index (Phi) is 5.29. The number of rotatable bonds is 6. The van der Waals surface area contributed by atoms with Crippen molar-refractivity contribution in [2.45, 2.75) is 18.9 Å². The summed E-state index contributed by atoms with van der Waals surface area (Å²) in [7, 11) is 0. The molecule has 5 heteroatoms. The van der Waals surface area contributed by atoms with Crippen LogP contribution < -0.4 is 5.32 Å². The summed E-state index contributed by atoms with van der Waals surface area (Å²) in [5.74, 6) is 0.0291. The summed E-state index contributed by atoms with van der Waals surface area (Å²) in [6.07, 6.45) is 7.71. The van der Waals surface area contributed by atoms with Gasteiger partial charge in [-0.3, -0.25) is 9.78 Å². The fraction of sp³-hybridized carbons (Fsp3) is 0.158. The van der Waals surface area contributed by atoms with Crippen molar-refractivity contribution in [3.8, 4) is 0 Å². The zero-order valence-electron chi connectivity index (χ0n) is 13.1. The molecule has 3 aromatic rings. The van der Waals surface area contributed by atoms with Gasteiger partial charge in [-0.15, -0.1) is 0 Å². The molecule has 1 N–H and O–H groups in total. The molecule has 1 aromatic carbocycles. The zero-order chi connectivity index (χ0) is 16.8. The number of amides is 1. The van der Waals surface area contributed by atoms with Gasteiger partial charge >= 0.3 is 0 Å². The first-order valence-corrected chi connectivity index (χ1v) is 8.14. The summed E-state index contributed by atoms with van der Waals surface area (Å²) in [6.45, 7) is 0.731. The van der Waals surface area contributed by atoms with E-state index in [1.807, 2.05) is 54.9 Å². The SMILES string of the molecule is O=C(CC(Cn1cccc1)c1ccc(Cl)cc1)Nc1cccnc1. The molecule has 2 heterocycles. The number of hydrogen-bond acceptors (Lipinski definition) is 2. The van der Waals surface area contributed by atoms with Gasteiger partial charge in [0.15, 0.2) is 0 Å². The van der Waals surface area contributed by atoms with Crippen molar-refractivity contribution in [2.75, 3.05) is 5.32 Å². The van der Waals surface area contributed by atoms with Gasteiger partial charge in [-0.2, -0.15) is 0 Å². The Morgan fingerprint density at radius 2 is 1.88 bits per heavy atom. The summed E-state index contributed by atoms with van der Waals surface area (Å²) in [5.41, 5.74) is 1.80. The van der Waals surface area contributed by atoms with Gasteiger partial charge in [0.25, 0.3) is 0 Å². The van der Waals surface area contributed by atoms with Crippen molar-refractivity contribution in [1.82, 2.24) is 9.55 Å². The molecular weight excluding hydrogens is 322 g/mol. The number of hydrogen-bond donors (Lipinski definition) is 1. The number of nitrogens with zero attached hydrogens (tertiary/aromatic N) is 2. The predicted octanol–water partition coefficient (Wildman–Crippen LogP) is 4.35. The second kappa shape index (κ2) is 7.79. The molecule has 3 rings (SSSR count). The number of benzene rings is 1. The number of carbonyl (C=O) groups is 1. The van der Waals surface area contributed by atoms with Crippen LogP contribution in [-0.4, -0.2) is 15.5 Å². The van der Waals surface area contributed by atoms with E-state index < -0.39 is 0 Å². The van der Waals surface area contributed by atoms with Crippen LogP contribution in [0, 0.1) is 0 Å². The highest BCUT2D eigenvalue weighted by molar-refractivity contribution is 6.30. The van der Waals surface area contributed by atoms with E-state index in [2.05, 4.69) is 14.9 Å². The van der Waals surface area contributed by atoms with Crippen molar-refractivity contribution in [1.29, 1.82) is 0 Å². The average molecular weight is 340 g/mol. The van der Waals surface area contributed by atoms with E-state index in [1.165, 1.54) is 0 Å². The highest BCUT2D eigenvalue weighted by atomic mass is 35.5. The standard InChI is InChI=1S/C19H18ClN3O/c20-17-7-5-15(6-8-17)16(14-23-10-1-2-11-23)12-19(24)22-18-4-3-9-21-13-18/h1-11,13,16H,12,14H2,(H,22,24).